The minimum Gasteiger partial charge on any atom is -0.497 e. The van der Waals surface area contributed by atoms with E-state index >= 15 is 0 Å². The molecule has 0 unspecified atom stereocenters. The van der Waals surface area contributed by atoms with Crippen molar-refractivity contribution in [2.24, 2.45) is 0 Å². The molecule has 7 heteroatoms. The Morgan fingerprint density at radius 1 is 1.12 bits per heavy atom. The van der Waals surface area contributed by atoms with Crippen LogP contribution in [-0.4, -0.2) is 28.3 Å². The fourth-order valence-electron chi connectivity index (χ4n) is 4.18. The largest absolute Gasteiger partial charge is 0.497 e. The Balaban J connectivity index is 1.65. The molecule has 2 aromatic carbocycles. The predicted molar refractivity (Wildman–Crippen MR) is 126 cm³/mol. The Hall–Kier alpha value is -3.09. The van der Waals surface area contributed by atoms with Gasteiger partial charge in [-0.2, -0.15) is 9.61 Å². The number of hydrogen-bond donors (Lipinski definition) is 0. The second-order valence-electron chi connectivity index (χ2n) is 7.99. The van der Waals surface area contributed by atoms with Gasteiger partial charge >= 0.3 is 0 Å². The fourth-order valence-corrected chi connectivity index (χ4v) is 4.45. The number of benzene rings is 2. The van der Waals surface area contributed by atoms with Gasteiger partial charge < -0.3 is 14.4 Å². The molecule has 0 spiro atoms. The maximum absolute atomic E-state index is 6.59. The first-order chi connectivity index (χ1) is 15.6. The molecule has 0 aliphatic carbocycles. The van der Waals surface area contributed by atoms with Crippen molar-refractivity contribution in [1.29, 1.82) is 0 Å². The second-order valence-corrected chi connectivity index (χ2v) is 8.40. The molecule has 1 aliphatic rings. The van der Waals surface area contributed by atoms with Gasteiger partial charge in [0.25, 0.3) is 0 Å². The quantitative estimate of drug-likeness (QED) is 0.394. The first kappa shape index (κ1) is 20.8. The number of fused-ring (bicyclic) bond motifs is 2. The summed E-state index contributed by atoms with van der Waals surface area (Å²) in [6.07, 6.45) is 1.84. The van der Waals surface area contributed by atoms with E-state index in [2.05, 4.69) is 43.0 Å². The molecule has 0 saturated carbocycles. The summed E-state index contributed by atoms with van der Waals surface area (Å²) in [5, 5.41) is 5.35. The number of aromatic nitrogens is 3. The van der Waals surface area contributed by atoms with Gasteiger partial charge in [-0.3, -0.25) is 0 Å². The molecule has 0 fully saturated rings. The molecule has 1 aliphatic heterocycles. The number of aryl methyl sites for hydroxylation is 1. The van der Waals surface area contributed by atoms with E-state index < -0.39 is 0 Å². The van der Waals surface area contributed by atoms with Crippen LogP contribution < -0.4 is 9.64 Å². The molecule has 0 saturated heterocycles. The van der Waals surface area contributed by atoms with Crippen molar-refractivity contribution in [3.05, 3.63) is 76.1 Å². The molecule has 0 bridgehead atoms. The number of rotatable bonds is 6. The third-order valence-electron chi connectivity index (χ3n) is 5.93. The normalized spacial score (nSPS) is 12.9. The maximum atomic E-state index is 6.59. The molecular weight excluding hydrogens is 424 g/mol. The van der Waals surface area contributed by atoms with Gasteiger partial charge in [-0.1, -0.05) is 41.4 Å². The zero-order valence-corrected chi connectivity index (χ0v) is 19.2. The van der Waals surface area contributed by atoms with Crippen LogP contribution in [0.15, 0.2) is 48.7 Å². The number of ether oxygens (including phenoxy) is 2. The number of nitrogens with zero attached hydrogens (tertiary/aromatic N) is 4. The second kappa shape index (κ2) is 8.45. The summed E-state index contributed by atoms with van der Waals surface area (Å²) >= 11 is 6.59. The van der Waals surface area contributed by atoms with Crippen molar-refractivity contribution < 1.29 is 9.47 Å². The molecule has 2 aromatic heterocycles. The molecule has 0 amide bonds. The molecular formula is C25H25ClN4O2. The highest BCUT2D eigenvalue weighted by Gasteiger charge is 2.26. The molecule has 32 heavy (non-hydrogen) atoms. The minimum absolute atomic E-state index is 0.502. The van der Waals surface area contributed by atoms with Crippen LogP contribution in [-0.2, 0) is 24.5 Å². The van der Waals surface area contributed by atoms with Gasteiger partial charge in [0, 0.05) is 29.8 Å². The van der Waals surface area contributed by atoms with E-state index in [0.717, 1.165) is 46.9 Å². The lowest BCUT2D eigenvalue weighted by Crippen LogP contribution is -2.26. The number of hydrogen-bond acceptors (Lipinski definition) is 5. The molecule has 3 heterocycles. The fraction of sp³-hybridized carbons (Fsp3) is 0.280. The predicted octanol–water partition coefficient (Wildman–Crippen LogP) is 5.42. The summed E-state index contributed by atoms with van der Waals surface area (Å²) < 4.78 is 13.0. The van der Waals surface area contributed by atoms with E-state index in [4.69, 9.17) is 31.2 Å². The Labute approximate surface area is 192 Å². The highest BCUT2D eigenvalue weighted by Crippen LogP contribution is 2.37. The van der Waals surface area contributed by atoms with Crippen LogP contribution in [0.2, 0.25) is 5.02 Å². The van der Waals surface area contributed by atoms with Crippen LogP contribution >= 0.6 is 11.6 Å². The van der Waals surface area contributed by atoms with Gasteiger partial charge in [0.2, 0.25) is 0 Å². The molecule has 6 nitrogen and oxygen atoms in total. The third-order valence-corrected chi connectivity index (χ3v) is 6.24. The average Bonchev–Trinajstić information content (AvgIpc) is 3.44. The van der Waals surface area contributed by atoms with Crippen LogP contribution in [0.4, 0.5) is 5.82 Å². The zero-order valence-electron chi connectivity index (χ0n) is 18.4. The van der Waals surface area contributed by atoms with Gasteiger partial charge in [-0.15, -0.1) is 0 Å². The summed E-state index contributed by atoms with van der Waals surface area (Å²) in [5.41, 5.74) is 7.11. The van der Waals surface area contributed by atoms with E-state index in [1.54, 1.807) is 7.11 Å². The molecule has 4 aromatic rings. The van der Waals surface area contributed by atoms with Crippen molar-refractivity contribution in [1.82, 2.24) is 14.6 Å². The monoisotopic (exact) mass is 448 g/mol. The van der Waals surface area contributed by atoms with Crippen molar-refractivity contribution >= 4 is 23.1 Å². The van der Waals surface area contributed by atoms with Gasteiger partial charge in [0.05, 0.1) is 37.2 Å². The van der Waals surface area contributed by atoms with E-state index in [1.165, 1.54) is 11.1 Å². The molecule has 164 valence electrons. The van der Waals surface area contributed by atoms with Crippen molar-refractivity contribution in [2.45, 2.75) is 33.6 Å². The zero-order chi connectivity index (χ0) is 22.2. The average molecular weight is 449 g/mol. The number of anilines is 1. The lowest BCUT2D eigenvalue weighted by Gasteiger charge is -2.26. The van der Waals surface area contributed by atoms with Gasteiger partial charge in [0.1, 0.15) is 11.6 Å². The number of halogens is 1. The summed E-state index contributed by atoms with van der Waals surface area (Å²) in [4.78, 5) is 7.26. The highest BCUT2D eigenvalue weighted by atomic mass is 35.5. The van der Waals surface area contributed by atoms with Crippen molar-refractivity contribution in [2.75, 3.05) is 18.6 Å². The highest BCUT2D eigenvalue weighted by molar-refractivity contribution is 6.33. The van der Waals surface area contributed by atoms with Crippen LogP contribution in [0, 0.1) is 6.92 Å². The van der Waals surface area contributed by atoms with Crippen LogP contribution in [0.25, 0.3) is 16.8 Å². The van der Waals surface area contributed by atoms with Gasteiger partial charge in [0.15, 0.2) is 5.65 Å². The number of methoxy groups -OCH3 is 1. The smallest absolute Gasteiger partial charge is 0.165 e. The first-order valence-electron chi connectivity index (χ1n) is 10.7. The summed E-state index contributed by atoms with van der Waals surface area (Å²) in [5.74, 6) is 1.75. The Kier molecular flexibility index (Phi) is 5.49. The lowest BCUT2D eigenvalue weighted by molar-refractivity contribution is 0.133. The maximum Gasteiger partial charge on any atom is 0.165 e. The topological polar surface area (TPSA) is 51.9 Å². The summed E-state index contributed by atoms with van der Waals surface area (Å²) in [7, 11) is 1.63. The SMILES string of the molecule is CCN(Cc1ccc(C)cc1)c1c2c(nc3c(-c4ccc(OC)cc4Cl)cnn13)COC2. The molecule has 0 atom stereocenters. The molecule has 5 rings (SSSR count). The molecule has 0 N–H and O–H groups in total. The Bertz CT molecular complexity index is 1280. The Morgan fingerprint density at radius 2 is 1.94 bits per heavy atom. The summed E-state index contributed by atoms with van der Waals surface area (Å²) in [6.45, 7) is 6.91. The van der Waals surface area contributed by atoms with Gasteiger partial charge in [-0.25, -0.2) is 4.98 Å². The standard InChI is InChI=1S/C25H25ClN4O2/c1-4-29(13-17-7-5-16(2)6-8-17)25-21-14-32-15-23(21)28-24-20(12-27-30(24)25)19-10-9-18(31-3)11-22(19)26/h5-12H,4,13-15H2,1-3H3. The van der Waals surface area contributed by atoms with E-state index in [-0.39, 0.29) is 0 Å². The lowest BCUT2D eigenvalue weighted by atomic mass is 10.1. The third kappa shape index (κ3) is 3.59. The van der Waals surface area contributed by atoms with Gasteiger partial charge in [-0.05, 0) is 37.6 Å². The van der Waals surface area contributed by atoms with E-state index in [9.17, 15) is 0 Å². The van der Waals surface area contributed by atoms with Crippen LogP contribution in [0.1, 0.15) is 29.3 Å². The van der Waals surface area contributed by atoms with Crippen LogP contribution in [0.5, 0.6) is 5.75 Å². The van der Waals surface area contributed by atoms with Crippen molar-refractivity contribution in [3.8, 4) is 16.9 Å². The Morgan fingerprint density at radius 3 is 2.66 bits per heavy atom. The summed E-state index contributed by atoms with van der Waals surface area (Å²) in [6, 6.07) is 14.3. The van der Waals surface area contributed by atoms with E-state index in [0.29, 0.717) is 24.0 Å². The molecule has 0 radical (unpaired) electrons. The minimum atomic E-state index is 0.502. The van der Waals surface area contributed by atoms with Crippen molar-refractivity contribution in [3.63, 3.8) is 0 Å². The van der Waals surface area contributed by atoms with Crippen LogP contribution in [0.3, 0.4) is 0 Å². The van der Waals surface area contributed by atoms with E-state index in [1.807, 2.05) is 28.9 Å². The first-order valence-corrected chi connectivity index (χ1v) is 11.1.